The van der Waals surface area contributed by atoms with Crippen molar-refractivity contribution in [3.05, 3.63) is 35.9 Å². The molecule has 1 unspecified atom stereocenters. The van der Waals surface area contributed by atoms with Gasteiger partial charge in [-0.1, -0.05) is 18.2 Å². The molecule has 1 aliphatic heterocycles. The van der Waals surface area contributed by atoms with Gasteiger partial charge in [0.15, 0.2) is 0 Å². The molecule has 1 atom stereocenters. The molecule has 0 saturated carbocycles. The molecule has 3 rings (SSSR count). The predicted octanol–water partition coefficient (Wildman–Crippen LogP) is 2.50. The fourth-order valence-electron chi connectivity index (χ4n) is 2.76. The van der Waals surface area contributed by atoms with Gasteiger partial charge in [-0.3, -0.25) is 4.90 Å². The molecule has 2 aromatic rings. The maximum absolute atomic E-state index is 5.47. The number of nitrogens with one attached hydrogen (secondary N) is 1. The minimum absolute atomic E-state index is 0.520. The Labute approximate surface area is 119 Å². The molecule has 0 spiro atoms. The minimum Gasteiger partial charge on any atom is -0.380 e. The fourth-order valence-corrected chi connectivity index (χ4v) is 2.76. The normalized spacial score (nSPS) is 18.9. The van der Waals surface area contributed by atoms with E-state index in [-0.39, 0.29) is 0 Å². The molecule has 106 valence electrons. The van der Waals surface area contributed by atoms with E-state index in [1.165, 1.54) is 10.9 Å². The Bertz CT molecular complexity index is 593. The number of aromatic nitrogens is 1. The SMILES string of the molecule is CNc1nc2ccccc2cc1CN(C)C1CCOC1. The van der Waals surface area contributed by atoms with Gasteiger partial charge < -0.3 is 10.1 Å². The van der Waals surface area contributed by atoms with Crippen LogP contribution in [0, 0.1) is 0 Å². The van der Waals surface area contributed by atoms with Crippen LogP contribution in [-0.2, 0) is 11.3 Å². The van der Waals surface area contributed by atoms with E-state index in [1.54, 1.807) is 0 Å². The van der Waals surface area contributed by atoms with Crippen molar-refractivity contribution in [2.45, 2.75) is 19.0 Å². The lowest BCUT2D eigenvalue weighted by Gasteiger charge is -2.24. The van der Waals surface area contributed by atoms with E-state index in [0.29, 0.717) is 6.04 Å². The fraction of sp³-hybridized carbons (Fsp3) is 0.438. The van der Waals surface area contributed by atoms with Gasteiger partial charge in [-0.05, 0) is 25.6 Å². The van der Waals surface area contributed by atoms with Crippen LogP contribution in [0.1, 0.15) is 12.0 Å². The Morgan fingerprint density at radius 2 is 2.25 bits per heavy atom. The van der Waals surface area contributed by atoms with Crippen LogP contribution in [0.2, 0.25) is 0 Å². The second-order valence-electron chi connectivity index (χ2n) is 5.37. The highest BCUT2D eigenvalue weighted by molar-refractivity contribution is 5.81. The van der Waals surface area contributed by atoms with Gasteiger partial charge in [-0.2, -0.15) is 0 Å². The first kappa shape index (κ1) is 13.3. The molecule has 1 saturated heterocycles. The van der Waals surface area contributed by atoms with Gasteiger partial charge in [0.05, 0.1) is 12.1 Å². The Kier molecular flexibility index (Phi) is 3.85. The summed E-state index contributed by atoms with van der Waals surface area (Å²) in [6.07, 6.45) is 1.12. The molecule has 0 bridgehead atoms. The summed E-state index contributed by atoms with van der Waals surface area (Å²) < 4.78 is 5.47. The van der Waals surface area contributed by atoms with Crippen LogP contribution in [0.5, 0.6) is 0 Å². The molecular formula is C16H21N3O. The number of hydrogen-bond acceptors (Lipinski definition) is 4. The summed E-state index contributed by atoms with van der Waals surface area (Å²) in [5, 5.41) is 4.41. The summed E-state index contributed by atoms with van der Waals surface area (Å²) >= 11 is 0. The number of fused-ring (bicyclic) bond motifs is 1. The molecule has 4 nitrogen and oxygen atoms in total. The third kappa shape index (κ3) is 2.62. The summed E-state index contributed by atoms with van der Waals surface area (Å²) in [7, 11) is 4.09. The molecule has 1 aromatic heterocycles. The number of rotatable bonds is 4. The van der Waals surface area contributed by atoms with Crippen molar-refractivity contribution in [2.75, 3.05) is 32.6 Å². The number of benzene rings is 1. The first-order valence-corrected chi connectivity index (χ1v) is 7.12. The molecule has 20 heavy (non-hydrogen) atoms. The average molecular weight is 271 g/mol. The van der Waals surface area contributed by atoms with Crippen LogP contribution in [-0.4, -0.2) is 43.2 Å². The Hall–Kier alpha value is -1.65. The van der Waals surface area contributed by atoms with Crippen molar-refractivity contribution in [3.8, 4) is 0 Å². The highest BCUT2D eigenvalue weighted by Crippen LogP contribution is 2.23. The summed E-state index contributed by atoms with van der Waals surface area (Å²) in [4.78, 5) is 7.07. The molecule has 1 N–H and O–H groups in total. The average Bonchev–Trinajstić information content (AvgIpc) is 3.01. The minimum atomic E-state index is 0.520. The van der Waals surface area contributed by atoms with Gasteiger partial charge in [0.1, 0.15) is 5.82 Å². The van der Waals surface area contributed by atoms with E-state index in [1.807, 2.05) is 13.1 Å². The lowest BCUT2D eigenvalue weighted by atomic mass is 10.1. The van der Waals surface area contributed by atoms with Crippen molar-refractivity contribution >= 4 is 16.7 Å². The van der Waals surface area contributed by atoms with Gasteiger partial charge in [-0.25, -0.2) is 4.98 Å². The van der Waals surface area contributed by atoms with E-state index in [9.17, 15) is 0 Å². The zero-order chi connectivity index (χ0) is 13.9. The van der Waals surface area contributed by atoms with E-state index < -0.39 is 0 Å². The van der Waals surface area contributed by atoms with Crippen LogP contribution in [0.25, 0.3) is 10.9 Å². The van der Waals surface area contributed by atoms with Crippen LogP contribution < -0.4 is 5.32 Å². The lowest BCUT2D eigenvalue weighted by molar-refractivity contribution is 0.156. The van der Waals surface area contributed by atoms with Crippen LogP contribution in [0.3, 0.4) is 0 Å². The largest absolute Gasteiger partial charge is 0.380 e. The molecule has 0 aliphatic carbocycles. The molecule has 4 heteroatoms. The van der Waals surface area contributed by atoms with Crippen molar-refractivity contribution in [1.82, 2.24) is 9.88 Å². The summed E-state index contributed by atoms with van der Waals surface area (Å²) in [5.41, 5.74) is 2.27. The number of pyridine rings is 1. The second-order valence-corrected chi connectivity index (χ2v) is 5.37. The molecule has 1 aliphatic rings. The molecule has 0 radical (unpaired) electrons. The third-order valence-electron chi connectivity index (χ3n) is 3.99. The van der Waals surface area contributed by atoms with E-state index in [0.717, 1.165) is 37.5 Å². The van der Waals surface area contributed by atoms with E-state index >= 15 is 0 Å². The number of hydrogen-bond donors (Lipinski definition) is 1. The van der Waals surface area contributed by atoms with Crippen molar-refractivity contribution < 1.29 is 4.74 Å². The van der Waals surface area contributed by atoms with E-state index in [4.69, 9.17) is 9.72 Å². The maximum atomic E-state index is 5.47. The molecule has 2 heterocycles. The zero-order valence-electron chi connectivity index (χ0n) is 12.1. The van der Waals surface area contributed by atoms with E-state index in [2.05, 4.69) is 41.5 Å². The van der Waals surface area contributed by atoms with Crippen molar-refractivity contribution in [3.63, 3.8) is 0 Å². The quantitative estimate of drug-likeness (QED) is 0.927. The number of anilines is 1. The predicted molar refractivity (Wildman–Crippen MR) is 82.0 cm³/mol. The molecule has 1 fully saturated rings. The van der Waals surface area contributed by atoms with Crippen LogP contribution in [0.15, 0.2) is 30.3 Å². The zero-order valence-corrected chi connectivity index (χ0v) is 12.1. The third-order valence-corrected chi connectivity index (χ3v) is 3.99. The maximum Gasteiger partial charge on any atom is 0.130 e. The monoisotopic (exact) mass is 271 g/mol. The highest BCUT2D eigenvalue weighted by Gasteiger charge is 2.21. The number of likely N-dealkylation sites (N-methyl/N-ethyl adjacent to an activating group) is 1. The Morgan fingerprint density at radius 1 is 1.40 bits per heavy atom. The summed E-state index contributed by atoms with van der Waals surface area (Å²) in [6.45, 7) is 2.61. The molecular weight excluding hydrogens is 250 g/mol. The number of para-hydroxylation sites is 1. The summed E-state index contributed by atoms with van der Waals surface area (Å²) in [5.74, 6) is 0.967. The first-order valence-electron chi connectivity index (χ1n) is 7.12. The van der Waals surface area contributed by atoms with Gasteiger partial charge >= 0.3 is 0 Å². The second kappa shape index (κ2) is 5.77. The molecule has 0 amide bonds. The Balaban J connectivity index is 1.88. The van der Waals surface area contributed by atoms with Gasteiger partial charge in [-0.15, -0.1) is 0 Å². The lowest BCUT2D eigenvalue weighted by Crippen LogP contribution is -2.31. The number of ether oxygens (including phenoxy) is 1. The van der Waals surface area contributed by atoms with Gasteiger partial charge in [0, 0.05) is 37.2 Å². The van der Waals surface area contributed by atoms with Gasteiger partial charge in [0.25, 0.3) is 0 Å². The Morgan fingerprint density at radius 3 is 3.00 bits per heavy atom. The number of nitrogens with zero attached hydrogens (tertiary/aromatic N) is 2. The van der Waals surface area contributed by atoms with Crippen molar-refractivity contribution in [1.29, 1.82) is 0 Å². The van der Waals surface area contributed by atoms with Gasteiger partial charge in [0.2, 0.25) is 0 Å². The standard InChI is InChI=1S/C16H21N3O/c1-17-16-13(10-19(2)14-7-8-20-11-14)9-12-5-3-4-6-15(12)18-16/h3-6,9,14H,7-8,10-11H2,1-2H3,(H,17,18). The van der Waals surface area contributed by atoms with Crippen LogP contribution in [0.4, 0.5) is 5.82 Å². The smallest absolute Gasteiger partial charge is 0.130 e. The summed E-state index contributed by atoms with van der Waals surface area (Å²) in [6, 6.07) is 11.0. The highest BCUT2D eigenvalue weighted by atomic mass is 16.5. The topological polar surface area (TPSA) is 37.4 Å². The first-order chi connectivity index (χ1) is 9.78. The van der Waals surface area contributed by atoms with Crippen LogP contribution >= 0.6 is 0 Å². The molecule has 1 aromatic carbocycles. The van der Waals surface area contributed by atoms with Crippen molar-refractivity contribution in [2.24, 2.45) is 0 Å².